The van der Waals surface area contributed by atoms with Gasteiger partial charge in [-0.25, -0.2) is 0 Å². The number of ketones is 1. The number of carbonyl (C=O) groups is 1. The summed E-state index contributed by atoms with van der Waals surface area (Å²) in [5.74, 6) is 0.612. The first kappa shape index (κ1) is 22.0. The first-order valence-electron chi connectivity index (χ1n) is 9.25. The summed E-state index contributed by atoms with van der Waals surface area (Å²) in [6.07, 6.45) is -1.75. The van der Waals surface area contributed by atoms with Gasteiger partial charge in [-0.15, -0.1) is 0 Å². The maximum absolute atomic E-state index is 12.9. The average molecular weight is 477 g/mol. The molecule has 4 aromatic rings. The predicted octanol–water partition coefficient (Wildman–Crippen LogP) is 8.43. The Morgan fingerprint density at radius 3 is 2.22 bits per heavy atom. The number of carbonyl (C=O) groups excluding carboxylic acids is 1. The van der Waals surface area contributed by atoms with Crippen molar-refractivity contribution < 1.29 is 26.8 Å². The summed E-state index contributed by atoms with van der Waals surface area (Å²) in [4.78, 5) is 12.4. The molecule has 0 unspecified atom stereocenters. The van der Waals surface area contributed by atoms with Crippen LogP contribution in [0.3, 0.4) is 0 Å². The fourth-order valence-corrected chi connectivity index (χ4v) is 3.53. The van der Waals surface area contributed by atoms with Crippen molar-refractivity contribution in [3.63, 3.8) is 0 Å². The SMILES string of the molecule is O=C(/C=C/c1ccc(-c2cc(Cl)cc(Cl)c2)o1)c1ccc(-c2cccc(C(F)(F)F)c2)o1. The van der Waals surface area contributed by atoms with Gasteiger partial charge in [-0.2, -0.15) is 13.2 Å². The molecule has 0 bridgehead atoms. The van der Waals surface area contributed by atoms with Crippen molar-refractivity contribution in [2.45, 2.75) is 6.18 Å². The molecule has 2 heterocycles. The molecule has 0 amide bonds. The van der Waals surface area contributed by atoms with E-state index >= 15 is 0 Å². The molecule has 0 saturated carbocycles. The van der Waals surface area contributed by atoms with Crippen molar-refractivity contribution in [1.82, 2.24) is 0 Å². The van der Waals surface area contributed by atoms with E-state index in [1.807, 2.05) is 0 Å². The summed E-state index contributed by atoms with van der Waals surface area (Å²) >= 11 is 12.0. The molecule has 8 heteroatoms. The normalized spacial score (nSPS) is 11.9. The Morgan fingerprint density at radius 2 is 1.50 bits per heavy atom. The van der Waals surface area contributed by atoms with E-state index in [9.17, 15) is 18.0 Å². The van der Waals surface area contributed by atoms with E-state index in [1.165, 1.54) is 36.4 Å². The van der Waals surface area contributed by atoms with Crippen LogP contribution < -0.4 is 0 Å². The smallest absolute Gasteiger partial charge is 0.416 e. The number of rotatable bonds is 5. The Balaban J connectivity index is 1.50. The second kappa shape index (κ2) is 8.73. The molecule has 2 aromatic carbocycles. The van der Waals surface area contributed by atoms with Gasteiger partial charge in [0.2, 0.25) is 5.78 Å². The summed E-state index contributed by atoms with van der Waals surface area (Å²) in [6.45, 7) is 0. The van der Waals surface area contributed by atoms with Crippen LogP contribution in [0.5, 0.6) is 0 Å². The second-order valence-corrected chi connectivity index (χ2v) is 7.67. The third kappa shape index (κ3) is 4.98. The second-order valence-electron chi connectivity index (χ2n) is 6.80. The lowest BCUT2D eigenvalue weighted by molar-refractivity contribution is -0.137. The molecule has 0 aliphatic carbocycles. The summed E-state index contributed by atoms with van der Waals surface area (Å²) < 4.78 is 49.9. The van der Waals surface area contributed by atoms with Gasteiger partial charge in [0.05, 0.1) is 5.56 Å². The molecule has 162 valence electrons. The number of hydrogen-bond donors (Lipinski definition) is 0. The average Bonchev–Trinajstić information content (AvgIpc) is 3.41. The lowest BCUT2D eigenvalue weighted by Crippen LogP contribution is -2.04. The van der Waals surface area contributed by atoms with Crippen molar-refractivity contribution in [2.75, 3.05) is 0 Å². The van der Waals surface area contributed by atoms with E-state index in [0.717, 1.165) is 12.1 Å². The molecule has 0 spiro atoms. The van der Waals surface area contributed by atoms with E-state index < -0.39 is 17.5 Å². The van der Waals surface area contributed by atoms with Crippen molar-refractivity contribution in [1.29, 1.82) is 0 Å². The highest BCUT2D eigenvalue weighted by Crippen LogP contribution is 2.33. The highest BCUT2D eigenvalue weighted by atomic mass is 35.5. The Labute approximate surface area is 190 Å². The van der Waals surface area contributed by atoms with Gasteiger partial charge in [0.15, 0.2) is 5.76 Å². The summed E-state index contributed by atoms with van der Waals surface area (Å²) in [6, 6.07) is 15.9. The van der Waals surface area contributed by atoms with Crippen molar-refractivity contribution in [2.24, 2.45) is 0 Å². The molecule has 0 saturated heterocycles. The summed E-state index contributed by atoms with van der Waals surface area (Å²) in [5, 5.41) is 0.927. The highest BCUT2D eigenvalue weighted by Gasteiger charge is 2.30. The zero-order chi connectivity index (χ0) is 22.9. The zero-order valence-electron chi connectivity index (χ0n) is 16.1. The largest absolute Gasteiger partial charge is 0.457 e. The number of allylic oxidation sites excluding steroid dienone is 1. The van der Waals surface area contributed by atoms with Crippen LogP contribution in [-0.4, -0.2) is 5.78 Å². The molecule has 0 N–H and O–H groups in total. The molecule has 2 aromatic heterocycles. The molecule has 0 radical (unpaired) electrons. The number of halogens is 5. The Hall–Kier alpha value is -3.22. The molecule has 3 nitrogen and oxygen atoms in total. The van der Waals surface area contributed by atoms with Crippen molar-refractivity contribution >= 4 is 35.1 Å². The van der Waals surface area contributed by atoms with Crippen LogP contribution in [0.2, 0.25) is 10.0 Å². The lowest BCUT2D eigenvalue weighted by Gasteiger charge is -2.07. The summed E-state index contributed by atoms with van der Waals surface area (Å²) in [7, 11) is 0. The monoisotopic (exact) mass is 476 g/mol. The van der Waals surface area contributed by atoms with Gasteiger partial charge in [0.1, 0.15) is 17.3 Å². The van der Waals surface area contributed by atoms with E-state index in [2.05, 4.69) is 0 Å². The Morgan fingerprint density at radius 1 is 0.812 bits per heavy atom. The number of hydrogen-bond acceptors (Lipinski definition) is 3. The maximum Gasteiger partial charge on any atom is 0.416 e. The molecule has 0 atom stereocenters. The van der Waals surface area contributed by atoms with Gasteiger partial charge in [-0.3, -0.25) is 4.79 Å². The van der Waals surface area contributed by atoms with E-state index in [4.69, 9.17) is 32.0 Å². The fourth-order valence-electron chi connectivity index (χ4n) is 3.01. The Kier molecular flexibility index (Phi) is 6.00. The van der Waals surface area contributed by atoms with E-state index in [-0.39, 0.29) is 17.1 Å². The van der Waals surface area contributed by atoms with Gasteiger partial charge in [-0.1, -0.05) is 35.3 Å². The van der Waals surface area contributed by atoms with Gasteiger partial charge in [0, 0.05) is 21.2 Å². The minimum Gasteiger partial charge on any atom is -0.457 e. The first-order valence-corrected chi connectivity index (χ1v) is 10.0. The number of alkyl halides is 3. The fraction of sp³-hybridized carbons (Fsp3) is 0.0417. The van der Waals surface area contributed by atoms with Gasteiger partial charge < -0.3 is 8.83 Å². The predicted molar refractivity (Wildman–Crippen MR) is 117 cm³/mol. The molecular formula is C24H13Cl2F3O3. The Bertz CT molecular complexity index is 1300. The van der Waals surface area contributed by atoms with Crippen LogP contribution in [0.15, 0.2) is 81.6 Å². The van der Waals surface area contributed by atoms with Crippen molar-refractivity contribution in [3.05, 3.63) is 99.9 Å². The molecular weight excluding hydrogens is 464 g/mol. The van der Waals surface area contributed by atoms with Gasteiger partial charge in [0.25, 0.3) is 0 Å². The van der Waals surface area contributed by atoms with Gasteiger partial charge >= 0.3 is 6.18 Å². The van der Waals surface area contributed by atoms with Crippen LogP contribution >= 0.6 is 23.2 Å². The van der Waals surface area contributed by atoms with Crippen LogP contribution in [0.1, 0.15) is 21.9 Å². The third-order valence-electron chi connectivity index (χ3n) is 4.50. The molecule has 0 fully saturated rings. The number of furan rings is 2. The van der Waals surface area contributed by atoms with Crippen LogP contribution in [0.25, 0.3) is 28.7 Å². The third-order valence-corrected chi connectivity index (χ3v) is 4.93. The summed E-state index contributed by atoms with van der Waals surface area (Å²) in [5.41, 5.74) is 0.109. The van der Waals surface area contributed by atoms with Crippen molar-refractivity contribution in [3.8, 4) is 22.6 Å². The quantitative estimate of drug-likeness (QED) is 0.214. The van der Waals surface area contributed by atoms with Crippen LogP contribution in [0.4, 0.5) is 13.2 Å². The number of benzene rings is 2. The minimum absolute atomic E-state index is 0.0120. The standard InChI is InChI=1S/C24H13Cl2F3O3/c25-17-11-15(12-18(26)13-17)22-7-5-19(31-22)4-6-20(30)23-9-8-21(32-23)14-2-1-3-16(10-14)24(27,28)29/h1-13H/b6-4+. The van der Waals surface area contributed by atoms with Gasteiger partial charge in [-0.05, 0) is 66.7 Å². The molecule has 0 aliphatic rings. The highest BCUT2D eigenvalue weighted by molar-refractivity contribution is 6.35. The minimum atomic E-state index is -4.47. The molecule has 0 aliphatic heterocycles. The topological polar surface area (TPSA) is 43.4 Å². The van der Waals surface area contributed by atoms with Crippen LogP contribution in [-0.2, 0) is 6.18 Å². The maximum atomic E-state index is 12.9. The molecule has 4 rings (SSSR count). The van der Waals surface area contributed by atoms with E-state index in [0.29, 0.717) is 27.1 Å². The van der Waals surface area contributed by atoms with E-state index in [1.54, 1.807) is 30.3 Å². The van der Waals surface area contributed by atoms with Crippen LogP contribution in [0, 0.1) is 0 Å². The zero-order valence-corrected chi connectivity index (χ0v) is 17.6. The first-order chi connectivity index (χ1) is 15.2. The lowest BCUT2D eigenvalue weighted by atomic mass is 10.1. The molecule has 32 heavy (non-hydrogen) atoms.